The van der Waals surface area contributed by atoms with Gasteiger partial charge >= 0.3 is 0 Å². The summed E-state index contributed by atoms with van der Waals surface area (Å²) in [6.45, 7) is 5.68. The van der Waals surface area contributed by atoms with Crippen LogP contribution in [0.15, 0.2) is 42.6 Å². The summed E-state index contributed by atoms with van der Waals surface area (Å²) in [7, 11) is 0. The van der Waals surface area contributed by atoms with Crippen molar-refractivity contribution in [3.8, 4) is 0 Å². The van der Waals surface area contributed by atoms with Crippen LogP contribution in [0.3, 0.4) is 0 Å². The van der Waals surface area contributed by atoms with E-state index in [1.54, 1.807) is 0 Å². The molecule has 1 aliphatic rings. The van der Waals surface area contributed by atoms with E-state index in [2.05, 4.69) is 29.1 Å². The van der Waals surface area contributed by atoms with Gasteiger partial charge < -0.3 is 10.7 Å². The molecule has 3 N–H and O–H groups in total. The predicted molar refractivity (Wildman–Crippen MR) is 71.4 cm³/mol. The fourth-order valence-corrected chi connectivity index (χ4v) is 2.66. The monoisotopic (exact) mass is 235 g/mol. The number of nitrogens with one attached hydrogen (secondary N) is 1. The lowest BCUT2D eigenvalue weighted by molar-refractivity contribution is 0.662. The van der Waals surface area contributed by atoms with Crippen LogP contribution in [0.5, 0.6) is 0 Å². The van der Waals surface area contributed by atoms with Crippen molar-refractivity contribution in [2.75, 3.05) is 23.9 Å². The number of thioether (sulfide) groups is 1. The number of nitrogens with zero attached hydrogens (tertiary/aromatic N) is 1. The average Bonchev–Trinajstić information content (AvgIpc) is 2.56. The Morgan fingerprint density at radius 3 is 2.88 bits per heavy atom. The predicted octanol–water partition coefficient (Wildman–Crippen LogP) is 1.59. The smallest absolute Gasteiger partial charge is 0.0627 e. The highest BCUT2D eigenvalue weighted by molar-refractivity contribution is 8.00. The van der Waals surface area contributed by atoms with Gasteiger partial charge in [-0.3, -0.25) is 0 Å². The maximum Gasteiger partial charge on any atom is 0.0627 e. The molecule has 1 atom stereocenters. The third-order valence-corrected chi connectivity index (χ3v) is 3.85. The molecule has 1 aromatic carbocycles. The van der Waals surface area contributed by atoms with Crippen molar-refractivity contribution in [2.45, 2.75) is 5.25 Å². The quantitative estimate of drug-likeness (QED) is 0.817. The van der Waals surface area contributed by atoms with Crippen molar-refractivity contribution in [1.29, 1.82) is 0 Å². The second-order valence-corrected chi connectivity index (χ2v) is 5.10. The summed E-state index contributed by atoms with van der Waals surface area (Å²) >= 11 is 1.86. The van der Waals surface area contributed by atoms with Crippen molar-refractivity contribution in [3.05, 3.63) is 42.6 Å². The van der Waals surface area contributed by atoms with Gasteiger partial charge in [0.15, 0.2) is 0 Å². The Kier molecular flexibility index (Phi) is 3.74. The molecular weight excluding hydrogens is 218 g/mol. The Bertz CT molecular complexity index is 353. The van der Waals surface area contributed by atoms with E-state index in [0.29, 0.717) is 5.25 Å². The lowest BCUT2D eigenvalue weighted by atomic mass is 10.3. The molecule has 1 heterocycles. The summed E-state index contributed by atoms with van der Waals surface area (Å²) in [5, 5.41) is 2.46. The Hall–Kier alpha value is -1.13. The van der Waals surface area contributed by atoms with Gasteiger partial charge in [0, 0.05) is 18.0 Å². The molecule has 2 rings (SSSR count). The van der Waals surface area contributed by atoms with Crippen LogP contribution in [-0.4, -0.2) is 24.1 Å². The van der Waals surface area contributed by atoms with E-state index in [9.17, 15) is 0 Å². The minimum absolute atomic E-state index is 0.301. The van der Waals surface area contributed by atoms with Crippen LogP contribution in [0.2, 0.25) is 0 Å². The number of para-hydroxylation sites is 1. The maximum absolute atomic E-state index is 5.81. The average molecular weight is 235 g/mol. The molecule has 0 radical (unpaired) electrons. The SMILES string of the molecule is C=C(N)C1CN(c2ccccc2)NCCS1. The molecule has 0 aliphatic carbocycles. The molecule has 0 aromatic heterocycles. The van der Waals surface area contributed by atoms with Crippen LogP contribution in [-0.2, 0) is 0 Å². The number of hydrazine groups is 1. The Labute approximate surface area is 101 Å². The fraction of sp³-hybridized carbons (Fsp3) is 0.333. The largest absolute Gasteiger partial charge is 0.402 e. The Balaban J connectivity index is 2.12. The third kappa shape index (κ3) is 2.71. The van der Waals surface area contributed by atoms with Crippen molar-refractivity contribution < 1.29 is 0 Å². The van der Waals surface area contributed by atoms with E-state index in [0.717, 1.165) is 24.5 Å². The topological polar surface area (TPSA) is 41.3 Å². The van der Waals surface area contributed by atoms with E-state index in [4.69, 9.17) is 5.73 Å². The summed E-state index contributed by atoms with van der Waals surface area (Å²) in [6, 6.07) is 10.3. The second-order valence-electron chi connectivity index (χ2n) is 3.79. The van der Waals surface area contributed by atoms with Crippen molar-refractivity contribution >= 4 is 17.4 Å². The van der Waals surface area contributed by atoms with Crippen LogP contribution in [0.4, 0.5) is 5.69 Å². The zero-order valence-electron chi connectivity index (χ0n) is 9.23. The first kappa shape index (κ1) is 11.4. The summed E-state index contributed by atoms with van der Waals surface area (Å²) in [6.07, 6.45) is 0. The Morgan fingerprint density at radius 2 is 2.19 bits per heavy atom. The van der Waals surface area contributed by atoms with Crippen LogP contribution in [0.1, 0.15) is 0 Å². The van der Waals surface area contributed by atoms with E-state index < -0.39 is 0 Å². The molecule has 0 amide bonds. The zero-order chi connectivity index (χ0) is 11.4. The van der Waals surface area contributed by atoms with Gasteiger partial charge in [0.2, 0.25) is 0 Å². The normalized spacial score (nSPS) is 21.5. The second kappa shape index (κ2) is 5.27. The Morgan fingerprint density at radius 1 is 1.44 bits per heavy atom. The van der Waals surface area contributed by atoms with E-state index >= 15 is 0 Å². The fourth-order valence-electron chi connectivity index (χ4n) is 1.69. The standard InChI is InChI=1S/C12H17N3S/c1-10(13)12-9-15(14-7-8-16-12)11-5-3-2-4-6-11/h2-6,12,14H,1,7-9,13H2. The minimum Gasteiger partial charge on any atom is -0.402 e. The van der Waals surface area contributed by atoms with E-state index in [-0.39, 0.29) is 0 Å². The molecule has 16 heavy (non-hydrogen) atoms. The highest BCUT2D eigenvalue weighted by Gasteiger charge is 2.19. The highest BCUT2D eigenvalue weighted by Crippen LogP contribution is 2.21. The molecule has 1 aromatic rings. The number of nitrogens with two attached hydrogens (primary N) is 1. The van der Waals surface area contributed by atoms with Crippen molar-refractivity contribution in [2.24, 2.45) is 5.73 Å². The van der Waals surface area contributed by atoms with Crippen LogP contribution in [0.25, 0.3) is 0 Å². The van der Waals surface area contributed by atoms with Crippen molar-refractivity contribution in [3.63, 3.8) is 0 Å². The number of anilines is 1. The van der Waals surface area contributed by atoms with Crippen molar-refractivity contribution in [1.82, 2.24) is 5.43 Å². The summed E-state index contributed by atoms with van der Waals surface area (Å²) < 4.78 is 0. The molecule has 0 bridgehead atoms. The summed E-state index contributed by atoms with van der Waals surface area (Å²) in [5.41, 5.74) is 11.1. The molecule has 0 spiro atoms. The maximum atomic E-state index is 5.81. The first-order valence-corrected chi connectivity index (χ1v) is 6.44. The molecule has 4 heteroatoms. The lowest BCUT2D eigenvalue weighted by Gasteiger charge is -2.26. The van der Waals surface area contributed by atoms with Crippen LogP contribution < -0.4 is 16.2 Å². The number of rotatable bonds is 2. The van der Waals surface area contributed by atoms with Gasteiger partial charge in [-0.05, 0) is 12.1 Å². The summed E-state index contributed by atoms with van der Waals surface area (Å²) in [5.74, 6) is 1.06. The van der Waals surface area contributed by atoms with Gasteiger partial charge in [-0.1, -0.05) is 24.8 Å². The van der Waals surface area contributed by atoms with Crippen LogP contribution >= 0.6 is 11.8 Å². The molecule has 1 fully saturated rings. The third-order valence-electron chi connectivity index (χ3n) is 2.55. The van der Waals surface area contributed by atoms with E-state index in [1.165, 1.54) is 5.69 Å². The minimum atomic E-state index is 0.301. The number of hydrogen-bond acceptors (Lipinski definition) is 4. The molecular formula is C12H17N3S. The summed E-state index contributed by atoms with van der Waals surface area (Å²) in [4.78, 5) is 0. The molecule has 86 valence electrons. The van der Waals surface area contributed by atoms with Gasteiger partial charge in [-0.25, -0.2) is 5.43 Å². The molecule has 3 nitrogen and oxygen atoms in total. The van der Waals surface area contributed by atoms with Gasteiger partial charge in [0.1, 0.15) is 0 Å². The van der Waals surface area contributed by atoms with E-state index in [1.807, 2.05) is 30.0 Å². The number of hydrogen-bond donors (Lipinski definition) is 2. The van der Waals surface area contributed by atoms with Gasteiger partial charge in [-0.15, -0.1) is 11.8 Å². The molecule has 1 saturated heterocycles. The van der Waals surface area contributed by atoms with Gasteiger partial charge in [-0.2, -0.15) is 0 Å². The number of benzene rings is 1. The molecule has 1 aliphatic heterocycles. The zero-order valence-corrected chi connectivity index (χ0v) is 10.0. The highest BCUT2D eigenvalue weighted by atomic mass is 32.2. The van der Waals surface area contributed by atoms with Gasteiger partial charge in [0.05, 0.1) is 17.5 Å². The van der Waals surface area contributed by atoms with Crippen LogP contribution in [0, 0.1) is 0 Å². The molecule has 1 unspecified atom stereocenters. The molecule has 0 saturated carbocycles. The first-order valence-electron chi connectivity index (χ1n) is 5.39. The lowest BCUT2D eigenvalue weighted by Crippen LogP contribution is -2.41. The van der Waals surface area contributed by atoms with Gasteiger partial charge in [0.25, 0.3) is 0 Å². The first-order chi connectivity index (χ1) is 7.77.